The molecule has 0 unspecified atom stereocenters. The average Bonchev–Trinajstić information content (AvgIpc) is 3.43. The smallest absolute Gasteiger partial charge is 0.216 e. The number of aromatic nitrogens is 3. The van der Waals surface area contributed by atoms with E-state index in [2.05, 4.69) is 22.1 Å². The molecule has 0 aliphatic rings. The van der Waals surface area contributed by atoms with Crippen LogP contribution in [0.1, 0.15) is 30.5 Å². The van der Waals surface area contributed by atoms with Crippen LogP contribution in [-0.2, 0) is 20.1 Å². The second-order valence-corrected chi connectivity index (χ2v) is 9.62. The predicted molar refractivity (Wildman–Crippen MR) is 166 cm³/mol. The number of furan rings is 1. The maximum Gasteiger partial charge on any atom is 0.216 e. The van der Waals surface area contributed by atoms with Crippen LogP contribution in [0.3, 0.4) is 0 Å². The van der Waals surface area contributed by atoms with Crippen LogP contribution in [0.25, 0.3) is 55.8 Å². The van der Waals surface area contributed by atoms with Crippen LogP contribution in [0, 0.1) is 39.7 Å². The summed E-state index contributed by atoms with van der Waals surface area (Å²) in [6.45, 7) is -1.14. The molecule has 4 aromatic heterocycles. The number of hydrogen-bond acceptors (Lipinski definition) is 4. The van der Waals surface area contributed by atoms with Gasteiger partial charge in [-0.1, -0.05) is 52.9 Å². The molecule has 0 saturated heterocycles. The first-order valence-electron chi connectivity index (χ1n) is 16.1. The summed E-state index contributed by atoms with van der Waals surface area (Å²) in [6.07, 6.45) is 2.90. The van der Waals surface area contributed by atoms with Gasteiger partial charge in [0.2, 0.25) is 5.71 Å². The van der Waals surface area contributed by atoms with Crippen molar-refractivity contribution in [3.05, 3.63) is 138 Å². The molecule has 1 radical (unpaired) electrons. The van der Waals surface area contributed by atoms with E-state index in [9.17, 15) is 0 Å². The largest absolute Gasteiger partial charge is 0.486 e. The summed E-state index contributed by atoms with van der Waals surface area (Å²) in [5, 5.41) is 1.59. The van der Waals surface area contributed by atoms with Gasteiger partial charge in [-0.15, -0.1) is 54.1 Å². The van der Waals surface area contributed by atoms with Crippen molar-refractivity contribution in [3.63, 3.8) is 0 Å². The first-order valence-corrected chi connectivity index (χ1v) is 13.1. The van der Waals surface area contributed by atoms with Crippen molar-refractivity contribution in [1.29, 1.82) is 0 Å². The zero-order valence-electron chi connectivity index (χ0n) is 28.9. The van der Waals surface area contributed by atoms with Crippen molar-refractivity contribution < 1.29 is 32.7 Å². The monoisotopic (exact) mass is 730 g/mol. The van der Waals surface area contributed by atoms with Crippen LogP contribution in [-0.4, -0.2) is 15.0 Å². The summed E-state index contributed by atoms with van der Waals surface area (Å²) in [5.41, 5.74) is 7.12. The van der Waals surface area contributed by atoms with Crippen LogP contribution in [0.15, 0.2) is 108 Å². The number of benzene rings is 3. The quantitative estimate of drug-likeness (QED) is 0.170. The van der Waals surface area contributed by atoms with Gasteiger partial charge in [0.05, 0.1) is 11.3 Å². The number of hydrogen-bond donors (Lipinski definition) is 0. The molecule has 5 heteroatoms. The van der Waals surface area contributed by atoms with Crippen molar-refractivity contribution in [1.82, 2.24) is 15.0 Å². The molecule has 0 saturated carbocycles. The Kier molecular flexibility index (Phi) is 6.66. The molecular weight excluding hydrogens is 695 g/mol. The van der Waals surface area contributed by atoms with E-state index >= 15 is 0 Å². The van der Waals surface area contributed by atoms with Gasteiger partial charge in [0.25, 0.3) is 0 Å². The standard InChI is InChI=1S/C26H21N2O.C11H8N.Ir/c1-15-7-5-8-16(2)24(15)22-12-11-20-19-9-6-10-21(25(19)29-26(20)28-22)23-13-17(3)18(4)14-27-23;1-2-6-10(7-3-1)11-8-4-5-9-12-11;/h5-9,11-14H,1-4H3;1-6,8-9H;/q2*-1;/i3D3,4D3;;. The molecule has 7 aromatic rings. The van der Waals surface area contributed by atoms with Gasteiger partial charge in [-0.25, -0.2) is 4.98 Å². The molecule has 0 atom stereocenters. The van der Waals surface area contributed by atoms with Crippen molar-refractivity contribution in [3.8, 4) is 33.8 Å². The van der Waals surface area contributed by atoms with Crippen LogP contribution in [0.2, 0.25) is 0 Å². The van der Waals surface area contributed by atoms with Gasteiger partial charge < -0.3 is 14.4 Å². The fraction of sp³-hybridized carbons (Fsp3) is 0.108. The van der Waals surface area contributed by atoms with E-state index in [0.29, 0.717) is 16.9 Å². The topological polar surface area (TPSA) is 51.8 Å². The van der Waals surface area contributed by atoms with Crippen LogP contribution in [0.4, 0.5) is 0 Å². The Morgan fingerprint density at radius 1 is 0.690 bits per heavy atom. The Bertz CT molecular complexity index is 2140. The van der Waals surface area contributed by atoms with E-state index in [1.165, 1.54) is 6.07 Å². The third-order valence-corrected chi connectivity index (χ3v) is 6.85. The molecule has 7 rings (SSSR count). The van der Waals surface area contributed by atoms with Gasteiger partial charge in [0.1, 0.15) is 0 Å². The Morgan fingerprint density at radius 2 is 1.52 bits per heavy atom. The maximum atomic E-state index is 7.86. The Balaban J connectivity index is 0.000000291. The van der Waals surface area contributed by atoms with Gasteiger partial charge in [0.15, 0.2) is 0 Å². The molecule has 209 valence electrons. The fourth-order valence-electron chi connectivity index (χ4n) is 4.84. The SMILES string of the molecule is [2H]C([2H])([2H])c1cnc(-c2[c-]ccc3c2oc2nc(-c4c(C)cccc4C)ccc23)cc1C([2H])([2H])[2H].[Ir].[c-]1ccccc1-c1ccccn1. The summed E-state index contributed by atoms with van der Waals surface area (Å²) in [5.74, 6) is 0. The van der Waals surface area contributed by atoms with Crippen LogP contribution in [0.5, 0.6) is 0 Å². The minimum absolute atomic E-state index is 0. The molecule has 0 spiro atoms. The Labute approximate surface area is 268 Å². The minimum Gasteiger partial charge on any atom is -0.486 e. The van der Waals surface area contributed by atoms with Crippen molar-refractivity contribution in [2.45, 2.75) is 27.6 Å². The molecule has 4 nitrogen and oxygen atoms in total. The van der Waals surface area contributed by atoms with Gasteiger partial charge in [-0.3, -0.25) is 0 Å². The molecule has 0 aliphatic carbocycles. The second kappa shape index (κ2) is 12.6. The summed E-state index contributed by atoms with van der Waals surface area (Å²) in [4.78, 5) is 13.3. The molecule has 42 heavy (non-hydrogen) atoms. The summed E-state index contributed by atoms with van der Waals surface area (Å²) < 4.78 is 52.8. The van der Waals surface area contributed by atoms with Gasteiger partial charge in [-0.2, -0.15) is 0 Å². The first kappa shape index (κ1) is 22.2. The summed E-state index contributed by atoms with van der Waals surface area (Å²) in [6, 6.07) is 34.8. The van der Waals surface area contributed by atoms with Gasteiger partial charge in [0, 0.05) is 51.7 Å². The van der Waals surface area contributed by atoms with E-state index in [0.717, 1.165) is 50.6 Å². The average molecular weight is 730 g/mol. The van der Waals surface area contributed by atoms with Crippen LogP contribution < -0.4 is 0 Å². The molecule has 0 amide bonds. The van der Waals surface area contributed by atoms with E-state index in [1.54, 1.807) is 12.3 Å². The van der Waals surface area contributed by atoms with Gasteiger partial charge >= 0.3 is 0 Å². The number of aryl methyl sites for hydroxylation is 4. The molecule has 0 fully saturated rings. The number of nitrogens with zero attached hydrogens (tertiary/aromatic N) is 3. The Morgan fingerprint density at radius 3 is 2.26 bits per heavy atom. The molecule has 3 aromatic carbocycles. The first-order chi connectivity index (χ1) is 22.4. The van der Waals surface area contributed by atoms with Crippen molar-refractivity contribution in [2.75, 3.05) is 0 Å². The van der Waals surface area contributed by atoms with E-state index in [1.807, 2.05) is 92.7 Å². The third-order valence-electron chi connectivity index (χ3n) is 6.85. The maximum absolute atomic E-state index is 7.86. The van der Waals surface area contributed by atoms with E-state index in [-0.39, 0.29) is 36.9 Å². The number of pyridine rings is 3. The van der Waals surface area contributed by atoms with Gasteiger partial charge in [-0.05, 0) is 73.8 Å². The van der Waals surface area contributed by atoms with E-state index < -0.39 is 13.7 Å². The van der Waals surface area contributed by atoms with Crippen LogP contribution >= 0.6 is 0 Å². The zero-order valence-corrected chi connectivity index (χ0v) is 25.3. The zero-order chi connectivity index (χ0) is 33.3. The molecule has 0 N–H and O–H groups in total. The van der Waals surface area contributed by atoms with E-state index in [4.69, 9.17) is 17.6 Å². The molecular formula is C37H29IrN3O-2. The van der Waals surface area contributed by atoms with Crippen molar-refractivity contribution >= 4 is 22.1 Å². The molecule has 0 bridgehead atoms. The Hall–Kier alpha value is -4.44. The second-order valence-electron chi connectivity index (χ2n) is 9.62. The molecule has 0 aliphatic heterocycles. The number of fused-ring (bicyclic) bond motifs is 3. The summed E-state index contributed by atoms with van der Waals surface area (Å²) >= 11 is 0. The molecule has 4 heterocycles. The fourth-order valence-corrected chi connectivity index (χ4v) is 4.84. The van der Waals surface area contributed by atoms with Crippen molar-refractivity contribution in [2.24, 2.45) is 0 Å². The minimum atomic E-state index is -2.62. The third kappa shape index (κ3) is 5.80. The predicted octanol–water partition coefficient (Wildman–Crippen LogP) is 9.29. The normalized spacial score (nSPS) is 13.4. The summed E-state index contributed by atoms with van der Waals surface area (Å²) in [7, 11) is 0. The number of rotatable bonds is 3.